The van der Waals surface area contributed by atoms with Crippen LogP contribution in [0.4, 0.5) is 0 Å². The van der Waals surface area contributed by atoms with Crippen molar-refractivity contribution in [1.29, 1.82) is 0 Å². The van der Waals surface area contributed by atoms with Crippen molar-refractivity contribution in [2.24, 2.45) is 5.41 Å². The van der Waals surface area contributed by atoms with Crippen LogP contribution in [0, 0.1) is 5.41 Å². The van der Waals surface area contributed by atoms with Crippen molar-refractivity contribution in [3.8, 4) is 0 Å². The van der Waals surface area contributed by atoms with Crippen molar-refractivity contribution in [3.63, 3.8) is 0 Å². The van der Waals surface area contributed by atoms with Crippen LogP contribution in [-0.2, 0) is 0 Å². The van der Waals surface area contributed by atoms with Gasteiger partial charge >= 0.3 is 0 Å². The van der Waals surface area contributed by atoms with Crippen LogP contribution in [0.25, 0.3) is 0 Å². The summed E-state index contributed by atoms with van der Waals surface area (Å²) in [7, 11) is 2.40. The number of hydrogen-bond acceptors (Lipinski definition) is 2. The summed E-state index contributed by atoms with van der Waals surface area (Å²) in [6, 6.07) is 0.859. The molecule has 0 radical (unpaired) electrons. The van der Waals surface area contributed by atoms with Crippen LogP contribution in [0.15, 0.2) is 0 Å². The third-order valence-electron chi connectivity index (χ3n) is 5.70. The molecule has 0 saturated heterocycles. The van der Waals surface area contributed by atoms with Crippen molar-refractivity contribution < 1.29 is 0 Å². The van der Waals surface area contributed by atoms with Crippen LogP contribution in [0.1, 0.15) is 77.6 Å². The standard InChI is InChI=1S/C18H36N2/c1-3-19-15-18(13-9-6-10-14-18)16-20(2)17-11-7-4-5-8-12-17/h17,19H,3-16H2,1-2H3. The fourth-order valence-electron chi connectivity index (χ4n) is 4.44. The molecule has 0 spiro atoms. The van der Waals surface area contributed by atoms with Gasteiger partial charge in [-0.1, -0.05) is 51.9 Å². The highest BCUT2D eigenvalue weighted by molar-refractivity contribution is 4.89. The third-order valence-corrected chi connectivity index (χ3v) is 5.70. The number of nitrogens with one attached hydrogen (secondary N) is 1. The molecule has 0 atom stereocenters. The maximum atomic E-state index is 3.65. The van der Waals surface area contributed by atoms with Crippen LogP contribution in [-0.4, -0.2) is 37.6 Å². The summed E-state index contributed by atoms with van der Waals surface area (Å²) in [5.74, 6) is 0. The second-order valence-electron chi connectivity index (χ2n) is 7.40. The van der Waals surface area contributed by atoms with Crippen molar-refractivity contribution >= 4 is 0 Å². The summed E-state index contributed by atoms with van der Waals surface area (Å²) in [6.45, 7) is 5.92. The summed E-state index contributed by atoms with van der Waals surface area (Å²) in [6.07, 6.45) is 16.0. The minimum absolute atomic E-state index is 0.565. The average Bonchev–Trinajstić information content (AvgIpc) is 2.75. The molecule has 0 aromatic heterocycles. The molecule has 2 rings (SSSR count). The molecule has 20 heavy (non-hydrogen) atoms. The zero-order valence-corrected chi connectivity index (χ0v) is 13.9. The summed E-state index contributed by atoms with van der Waals surface area (Å²) in [4.78, 5) is 2.73. The first-order valence-corrected chi connectivity index (χ1v) is 9.17. The normalized spacial score (nSPS) is 24.8. The van der Waals surface area contributed by atoms with Crippen molar-refractivity contribution in [1.82, 2.24) is 10.2 Å². The molecule has 2 fully saturated rings. The van der Waals surface area contributed by atoms with Crippen LogP contribution >= 0.6 is 0 Å². The molecule has 0 amide bonds. The summed E-state index contributed by atoms with van der Waals surface area (Å²) in [5, 5.41) is 3.65. The Bertz CT molecular complexity index is 250. The lowest BCUT2D eigenvalue weighted by Gasteiger charge is -2.42. The lowest BCUT2D eigenvalue weighted by Crippen LogP contribution is -2.47. The molecule has 0 unspecified atom stereocenters. The second-order valence-corrected chi connectivity index (χ2v) is 7.40. The Kier molecular flexibility index (Phi) is 6.83. The average molecular weight is 280 g/mol. The van der Waals surface area contributed by atoms with Gasteiger partial charge < -0.3 is 10.2 Å². The SMILES string of the molecule is CCNCC1(CN(C)C2CCCCCC2)CCCCC1. The van der Waals surface area contributed by atoms with Gasteiger partial charge in [-0.2, -0.15) is 0 Å². The zero-order valence-electron chi connectivity index (χ0n) is 13.9. The molecule has 0 heterocycles. The highest BCUT2D eigenvalue weighted by Gasteiger charge is 2.34. The van der Waals surface area contributed by atoms with Gasteiger partial charge in [0, 0.05) is 19.1 Å². The van der Waals surface area contributed by atoms with E-state index >= 15 is 0 Å². The Morgan fingerprint density at radius 2 is 1.55 bits per heavy atom. The van der Waals surface area contributed by atoms with E-state index in [2.05, 4.69) is 24.2 Å². The van der Waals surface area contributed by atoms with E-state index in [0.717, 1.165) is 12.6 Å². The molecule has 118 valence electrons. The van der Waals surface area contributed by atoms with Crippen LogP contribution in [0.5, 0.6) is 0 Å². The van der Waals surface area contributed by atoms with Gasteiger partial charge in [0.05, 0.1) is 0 Å². The highest BCUT2D eigenvalue weighted by Crippen LogP contribution is 2.37. The van der Waals surface area contributed by atoms with E-state index in [0.29, 0.717) is 5.41 Å². The molecule has 0 aromatic rings. The van der Waals surface area contributed by atoms with Gasteiger partial charge in [-0.05, 0) is 44.7 Å². The van der Waals surface area contributed by atoms with Gasteiger partial charge in [-0.25, -0.2) is 0 Å². The lowest BCUT2D eigenvalue weighted by molar-refractivity contribution is 0.0878. The second kappa shape index (κ2) is 8.38. The first-order chi connectivity index (χ1) is 9.76. The molecular weight excluding hydrogens is 244 g/mol. The molecule has 1 N–H and O–H groups in total. The van der Waals surface area contributed by atoms with Crippen LogP contribution in [0.2, 0.25) is 0 Å². The maximum absolute atomic E-state index is 3.65. The Labute approximate surface area is 126 Å². The first kappa shape index (κ1) is 16.3. The molecule has 2 aliphatic rings. The highest BCUT2D eigenvalue weighted by atomic mass is 15.1. The van der Waals surface area contributed by atoms with Crippen molar-refractivity contribution in [2.75, 3.05) is 26.7 Å². The van der Waals surface area contributed by atoms with E-state index in [9.17, 15) is 0 Å². The van der Waals surface area contributed by atoms with Gasteiger partial charge in [-0.15, -0.1) is 0 Å². The molecular formula is C18H36N2. The fraction of sp³-hybridized carbons (Fsp3) is 1.00. The molecule has 2 aliphatic carbocycles. The summed E-state index contributed by atoms with van der Waals surface area (Å²) < 4.78 is 0. The van der Waals surface area contributed by atoms with Crippen molar-refractivity contribution in [2.45, 2.75) is 83.6 Å². The van der Waals surface area contributed by atoms with Crippen molar-refractivity contribution in [3.05, 3.63) is 0 Å². The Balaban J connectivity index is 1.91. The van der Waals surface area contributed by atoms with E-state index in [1.165, 1.54) is 83.7 Å². The summed E-state index contributed by atoms with van der Waals surface area (Å²) in [5.41, 5.74) is 0.565. The van der Waals surface area contributed by atoms with E-state index in [1.54, 1.807) is 0 Å². The predicted molar refractivity (Wildman–Crippen MR) is 88.2 cm³/mol. The van der Waals surface area contributed by atoms with Gasteiger partial charge in [0.2, 0.25) is 0 Å². The predicted octanol–water partition coefficient (Wildman–Crippen LogP) is 4.20. The molecule has 2 heteroatoms. The number of nitrogens with zero attached hydrogens (tertiary/aromatic N) is 1. The van der Waals surface area contributed by atoms with Gasteiger partial charge in [0.15, 0.2) is 0 Å². The maximum Gasteiger partial charge on any atom is 0.00924 e. The molecule has 0 aliphatic heterocycles. The minimum Gasteiger partial charge on any atom is -0.316 e. The smallest absolute Gasteiger partial charge is 0.00924 e. The Morgan fingerprint density at radius 3 is 2.15 bits per heavy atom. The van der Waals surface area contributed by atoms with Crippen LogP contribution < -0.4 is 5.32 Å². The fourth-order valence-corrected chi connectivity index (χ4v) is 4.44. The molecule has 2 nitrogen and oxygen atoms in total. The van der Waals surface area contributed by atoms with Gasteiger partial charge in [-0.3, -0.25) is 0 Å². The lowest BCUT2D eigenvalue weighted by atomic mass is 9.73. The summed E-state index contributed by atoms with van der Waals surface area (Å²) >= 11 is 0. The monoisotopic (exact) mass is 280 g/mol. The Hall–Kier alpha value is -0.0800. The van der Waals surface area contributed by atoms with Gasteiger partial charge in [0.1, 0.15) is 0 Å². The Morgan fingerprint density at radius 1 is 0.950 bits per heavy atom. The van der Waals surface area contributed by atoms with E-state index in [-0.39, 0.29) is 0 Å². The van der Waals surface area contributed by atoms with Crippen LogP contribution in [0.3, 0.4) is 0 Å². The molecule has 2 saturated carbocycles. The number of rotatable bonds is 6. The first-order valence-electron chi connectivity index (χ1n) is 9.17. The van der Waals surface area contributed by atoms with E-state index in [1.807, 2.05) is 0 Å². The quantitative estimate of drug-likeness (QED) is 0.734. The molecule has 0 aromatic carbocycles. The zero-order chi connectivity index (χ0) is 14.3. The van der Waals surface area contributed by atoms with E-state index < -0.39 is 0 Å². The number of hydrogen-bond donors (Lipinski definition) is 1. The largest absolute Gasteiger partial charge is 0.316 e. The topological polar surface area (TPSA) is 15.3 Å². The van der Waals surface area contributed by atoms with Gasteiger partial charge in [0.25, 0.3) is 0 Å². The minimum atomic E-state index is 0.565. The van der Waals surface area contributed by atoms with E-state index in [4.69, 9.17) is 0 Å². The third kappa shape index (κ3) is 4.73. The molecule has 0 bridgehead atoms.